The minimum absolute atomic E-state index is 0.0380. The van der Waals surface area contributed by atoms with Crippen molar-refractivity contribution in [1.29, 1.82) is 0 Å². The number of hydrogen-bond acceptors (Lipinski definition) is 4. The molecule has 0 aliphatic rings. The van der Waals surface area contributed by atoms with Gasteiger partial charge in [-0.05, 0) is 29.6 Å². The lowest BCUT2D eigenvalue weighted by molar-refractivity contribution is 0.282. The second-order valence-electron chi connectivity index (χ2n) is 3.60. The van der Waals surface area contributed by atoms with Gasteiger partial charge in [0.15, 0.2) is 0 Å². The Morgan fingerprint density at radius 2 is 2.00 bits per heavy atom. The number of benzene rings is 1. The van der Waals surface area contributed by atoms with Gasteiger partial charge in [-0.1, -0.05) is 23.2 Å². The monoisotopic (exact) mass is 337 g/mol. The summed E-state index contributed by atoms with van der Waals surface area (Å²) in [6.45, 7) is -0.336. The predicted octanol–water partition coefficient (Wildman–Crippen LogP) is 3.35. The van der Waals surface area contributed by atoms with Gasteiger partial charge in [-0.2, -0.15) is 0 Å². The van der Waals surface area contributed by atoms with Gasteiger partial charge in [-0.25, -0.2) is 8.42 Å². The molecule has 0 amide bonds. The van der Waals surface area contributed by atoms with Crippen LogP contribution in [0.3, 0.4) is 0 Å². The van der Waals surface area contributed by atoms with Gasteiger partial charge in [-0.3, -0.25) is 4.72 Å². The summed E-state index contributed by atoms with van der Waals surface area (Å²) < 4.78 is 26.7. The molecule has 0 saturated carbocycles. The van der Waals surface area contributed by atoms with Crippen LogP contribution in [0.1, 0.15) is 4.88 Å². The van der Waals surface area contributed by atoms with Gasteiger partial charge < -0.3 is 5.11 Å². The highest BCUT2D eigenvalue weighted by Crippen LogP contribution is 2.29. The summed E-state index contributed by atoms with van der Waals surface area (Å²) in [7, 11) is -3.79. The van der Waals surface area contributed by atoms with E-state index in [0.29, 0.717) is 9.90 Å². The first-order chi connectivity index (χ1) is 8.94. The standard InChI is InChI=1S/C11H9Cl2NO3S2/c12-7-1-2-8(13)9(5-7)14-19(16,17)11-3-4-18-10(11)6-15/h1-5,14-15H,6H2. The summed E-state index contributed by atoms with van der Waals surface area (Å²) in [6, 6.07) is 5.91. The lowest BCUT2D eigenvalue weighted by Gasteiger charge is -2.10. The van der Waals surface area contributed by atoms with E-state index in [1.807, 2.05) is 0 Å². The molecule has 0 radical (unpaired) electrons. The number of rotatable bonds is 4. The fourth-order valence-corrected chi connectivity index (χ4v) is 4.22. The summed E-state index contributed by atoms with van der Waals surface area (Å²) in [4.78, 5) is 0.404. The smallest absolute Gasteiger partial charge is 0.263 e. The molecule has 1 heterocycles. The summed E-state index contributed by atoms with van der Waals surface area (Å²) in [5.41, 5.74) is 0.198. The first-order valence-electron chi connectivity index (χ1n) is 5.09. The number of hydrogen-bond donors (Lipinski definition) is 2. The molecule has 0 unspecified atom stereocenters. The number of aliphatic hydroxyl groups is 1. The molecule has 0 aliphatic carbocycles. The van der Waals surface area contributed by atoms with Gasteiger partial charge in [0.1, 0.15) is 4.90 Å². The van der Waals surface area contributed by atoms with Crippen LogP contribution in [-0.2, 0) is 16.6 Å². The summed E-state index contributed by atoms with van der Waals surface area (Å²) in [5.74, 6) is 0. The Bertz CT molecular complexity index is 698. The quantitative estimate of drug-likeness (QED) is 0.898. The maximum absolute atomic E-state index is 12.2. The van der Waals surface area contributed by atoms with Crippen LogP contribution in [0.5, 0.6) is 0 Å². The summed E-state index contributed by atoms with van der Waals surface area (Å²) in [5, 5.41) is 11.3. The Labute approximate surface area is 124 Å². The van der Waals surface area contributed by atoms with Crippen LogP contribution in [0.2, 0.25) is 10.0 Å². The van der Waals surface area contributed by atoms with Crippen LogP contribution < -0.4 is 4.72 Å². The van der Waals surface area contributed by atoms with Crippen LogP contribution >= 0.6 is 34.5 Å². The third-order valence-electron chi connectivity index (χ3n) is 2.31. The number of aliphatic hydroxyl groups excluding tert-OH is 1. The highest BCUT2D eigenvalue weighted by atomic mass is 35.5. The van der Waals surface area contributed by atoms with Crippen LogP contribution in [0.25, 0.3) is 0 Å². The van der Waals surface area contributed by atoms with E-state index in [4.69, 9.17) is 28.3 Å². The van der Waals surface area contributed by atoms with Crippen LogP contribution in [0, 0.1) is 0 Å². The molecule has 2 rings (SSSR count). The Hall–Kier alpha value is -0.790. The van der Waals surface area contributed by atoms with Crippen molar-refractivity contribution >= 4 is 50.2 Å². The fourth-order valence-electron chi connectivity index (χ4n) is 1.46. The molecule has 0 atom stereocenters. The van der Waals surface area contributed by atoms with E-state index in [1.165, 1.54) is 29.5 Å². The first-order valence-corrected chi connectivity index (χ1v) is 8.21. The topological polar surface area (TPSA) is 66.4 Å². The number of anilines is 1. The van der Waals surface area contributed by atoms with E-state index in [0.717, 1.165) is 0 Å². The summed E-state index contributed by atoms with van der Waals surface area (Å²) in [6.07, 6.45) is 0. The highest BCUT2D eigenvalue weighted by Gasteiger charge is 2.20. The lowest BCUT2D eigenvalue weighted by atomic mass is 10.3. The molecule has 0 aliphatic heterocycles. The Morgan fingerprint density at radius 3 is 2.68 bits per heavy atom. The van der Waals surface area contributed by atoms with Gasteiger partial charge >= 0.3 is 0 Å². The molecule has 0 spiro atoms. The van der Waals surface area contributed by atoms with Crippen molar-refractivity contribution in [2.75, 3.05) is 4.72 Å². The maximum Gasteiger partial charge on any atom is 0.263 e. The molecule has 0 fully saturated rings. The minimum Gasteiger partial charge on any atom is -0.391 e. The van der Waals surface area contributed by atoms with Crippen molar-refractivity contribution < 1.29 is 13.5 Å². The normalized spacial score (nSPS) is 11.5. The molecule has 0 saturated heterocycles. The summed E-state index contributed by atoms with van der Waals surface area (Å²) >= 11 is 12.9. The molecule has 0 bridgehead atoms. The van der Waals surface area contributed by atoms with Gasteiger partial charge in [0.05, 0.1) is 22.2 Å². The number of nitrogens with one attached hydrogen (secondary N) is 1. The molecular formula is C11H9Cl2NO3S2. The average molecular weight is 338 g/mol. The molecule has 2 aromatic rings. The van der Waals surface area contributed by atoms with Crippen molar-refractivity contribution in [2.45, 2.75) is 11.5 Å². The van der Waals surface area contributed by atoms with Crippen LogP contribution in [0.15, 0.2) is 34.5 Å². The molecule has 19 heavy (non-hydrogen) atoms. The van der Waals surface area contributed by atoms with Crippen molar-refractivity contribution in [3.05, 3.63) is 44.6 Å². The fraction of sp³-hybridized carbons (Fsp3) is 0.0909. The largest absolute Gasteiger partial charge is 0.391 e. The van der Waals surface area contributed by atoms with E-state index in [-0.39, 0.29) is 22.2 Å². The van der Waals surface area contributed by atoms with Gasteiger partial charge in [0.2, 0.25) is 0 Å². The minimum atomic E-state index is -3.79. The Balaban J connectivity index is 2.39. The maximum atomic E-state index is 12.2. The van der Waals surface area contributed by atoms with Crippen molar-refractivity contribution in [3.63, 3.8) is 0 Å². The zero-order chi connectivity index (χ0) is 14.0. The predicted molar refractivity (Wildman–Crippen MR) is 77.5 cm³/mol. The van der Waals surface area contributed by atoms with E-state index in [9.17, 15) is 8.42 Å². The third kappa shape index (κ3) is 3.21. The average Bonchev–Trinajstić information content (AvgIpc) is 2.82. The molecule has 8 heteroatoms. The molecule has 4 nitrogen and oxygen atoms in total. The molecular weight excluding hydrogens is 329 g/mol. The van der Waals surface area contributed by atoms with Gasteiger partial charge in [0, 0.05) is 5.02 Å². The number of sulfonamides is 1. The Kier molecular flexibility index (Phi) is 4.37. The molecule has 1 aromatic heterocycles. The zero-order valence-electron chi connectivity index (χ0n) is 9.43. The lowest BCUT2D eigenvalue weighted by Crippen LogP contribution is -2.14. The van der Waals surface area contributed by atoms with Gasteiger partial charge in [0.25, 0.3) is 10.0 Å². The third-order valence-corrected chi connectivity index (χ3v) is 5.36. The second-order valence-corrected chi connectivity index (χ2v) is 7.09. The number of thiophene rings is 1. The molecule has 2 N–H and O–H groups in total. The molecule has 1 aromatic carbocycles. The number of halogens is 2. The van der Waals surface area contributed by atoms with Gasteiger partial charge in [-0.15, -0.1) is 11.3 Å². The van der Waals surface area contributed by atoms with E-state index >= 15 is 0 Å². The van der Waals surface area contributed by atoms with E-state index in [1.54, 1.807) is 11.4 Å². The van der Waals surface area contributed by atoms with Crippen LogP contribution in [-0.4, -0.2) is 13.5 Å². The van der Waals surface area contributed by atoms with Crippen molar-refractivity contribution in [3.8, 4) is 0 Å². The Morgan fingerprint density at radius 1 is 1.26 bits per heavy atom. The zero-order valence-corrected chi connectivity index (χ0v) is 12.6. The highest BCUT2D eigenvalue weighted by molar-refractivity contribution is 7.93. The van der Waals surface area contributed by atoms with E-state index < -0.39 is 10.0 Å². The molecule has 102 valence electrons. The van der Waals surface area contributed by atoms with Crippen LogP contribution in [0.4, 0.5) is 5.69 Å². The van der Waals surface area contributed by atoms with E-state index in [2.05, 4.69) is 4.72 Å². The van der Waals surface area contributed by atoms with Crippen molar-refractivity contribution in [1.82, 2.24) is 0 Å². The SMILES string of the molecule is O=S(=O)(Nc1cc(Cl)ccc1Cl)c1ccsc1CO. The first kappa shape index (κ1) is 14.6. The van der Waals surface area contributed by atoms with Crippen molar-refractivity contribution in [2.24, 2.45) is 0 Å². The second kappa shape index (κ2) is 5.68.